The second-order valence-electron chi connectivity index (χ2n) is 5.92. The van der Waals surface area contributed by atoms with Gasteiger partial charge in [-0.1, -0.05) is 23.7 Å². The minimum absolute atomic E-state index is 0.171. The zero-order valence-electron chi connectivity index (χ0n) is 12.6. The Hall–Kier alpha value is -1.95. The van der Waals surface area contributed by atoms with Crippen molar-refractivity contribution in [2.75, 3.05) is 19.7 Å². The Morgan fingerprint density at radius 2 is 2.17 bits per heavy atom. The number of aliphatic carboxylic acids is 1. The third-order valence-electron chi connectivity index (χ3n) is 4.38. The minimum atomic E-state index is -0.842. The van der Waals surface area contributed by atoms with Crippen molar-refractivity contribution >= 4 is 23.6 Å². The van der Waals surface area contributed by atoms with Crippen LogP contribution in [0.15, 0.2) is 18.2 Å². The smallest absolute Gasteiger partial charge is 0.317 e. The Bertz CT molecular complexity index is 622. The third-order valence-corrected chi connectivity index (χ3v) is 4.68. The van der Waals surface area contributed by atoms with Crippen LogP contribution in [0.5, 0.6) is 5.75 Å². The molecule has 0 radical (unpaired) electrons. The summed E-state index contributed by atoms with van der Waals surface area (Å²) in [5.74, 6) is -0.704. The van der Waals surface area contributed by atoms with Crippen LogP contribution in [0.4, 0.5) is 4.79 Å². The number of urea groups is 1. The van der Waals surface area contributed by atoms with Gasteiger partial charge in [0, 0.05) is 25.1 Å². The summed E-state index contributed by atoms with van der Waals surface area (Å²) >= 11 is 6.13. The zero-order chi connectivity index (χ0) is 16.4. The van der Waals surface area contributed by atoms with Gasteiger partial charge in [0.25, 0.3) is 0 Å². The Morgan fingerprint density at radius 1 is 1.35 bits per heavy atom. The summed E-state index contributed by atoms with van der Waals surface area (Å²) in [5.41, 5.74) is 0.865. The van der Waals surface area contributed by atoms with Crippen LogP contribution >= 0.6 is 11.6 Å². The van der Waals surface area contributed by atoms with E-state index >= 15 is 0 Å². The van der Waals surface area contributed by atoms with E-state index in [1.54, 1.807) is 11.0 Å². The standard InChI is InChI=1S/C16H19ClN2O4/c17-12-5-1-4-11-13(6-8-23-14(11)12)18-16(22)19-7-2-3-10(9-19)15(20)21/h1,4-5,10,13H,2-3,6-9H2,(H,18,22)(H,20,21). The number of nitrogens with zero attached hydrogens (tertiary/aromatic N) is 1. The maximum atomic E-state index is 12.5. The van der Waals surface area contributed by atoms with Crippen molar-refractivity contribution in [3.8, 4) is 5.75 Å². The van der Waals surface area contributed by atoms with Gasteiger partial charge in [0.15, 0.2) is 0 Å². The molecule has 7 heteroatoms. The molecule has 2 amide bonds. The fourth-order valence-electron chi connectivity index (χ4n) is 3.14. The van der Waals surface area contributed by atoms with Gasteiger partial charge < -0.3 is 20.1 Å². The van der Waals surface area contributed by atoms with Crippen LogP contribution < -0.4 is 10.1 Å². The lowest BCUT2D eigenvalue weighted by Crippen LogP contribution is -2.48. The van der Waals surface area contributed by atoms with Crippen LogP contribution in [-0.4, -0.2) is 41.7 Å². The molecule has 2 N–H and O–H groups in total. The lowest BCUT2D eigenvalue weighted by Gasteiger charge is -2.33. The molecule has 2 aliphatic heterocycles. The number of hydrogen-bond acceptors (Lipinski definition) is 3. The van der Waals surface area contributed by atoms with Gasteiger partial charge in [0.05, 0.1) is 23.6 Å². The van der Waals surface area contributed by atoms with Crippen LogP contribution in [0.2, 0.25) is 5.02 Å². The number of carbonyl (C=O) groups is 2. The van der Waals surface area contributed by atoms with E-state index in [-0.39, 0.29) is 18.6 Å². The highest BCUT2D eigenvalue weighted by Gasteiger charge is 2.31. The van der Waals surface area contributed by atoms with E-state index in [4.69, 9.17) is 21.4 Å². The molecule has 2 atom stereocenters. The van der Waals surface area contributed by atoms with E-state index in [1.807, 2.05) is 12.1 Å². The van der Waals surface area contributed by atoms with Crippen molar-refractivity contribution in [1.29, 1.82) is 0 Å². The fourth-order valence-corrected chi connectivity index (χ4v) is 3.38. The first-order valence-corrected chi connectivity index (χ1v) is 8.13. The molecule has 0 aromatic heterocycles. The van der Waals surface area contributed by atoms with Crippen LogP contribution in [-0.2, 0) is 4.79 Å². The van der Waals surface area contributed by atoms with E-state index in [9.17, 15) is 9.59 Å². The van der Waals surface area contributed by atoms with Crippen molar-refractivity contribution in [1.82, 2.24) is 10.2 Å². The maximum absolute atomic E-state index is 12.5. The summed E-state index contributed by atoms with van der Waals surface area (Å²) in [5, 5.41) is 12.6. The van der Waals surface area contributed by atoms with Gasteiger partial charge in [-0.2, -0.15) is 0 Å². The summed E-state index contributed by atoms with van der Waals surface area (Å²) in [6, 6.07) is 5.08. The molecule has 1 aromatic carbocycles. The number of carboxylic acid groups (broad SMARTS) is 1. The molecule has 2 aliphatic rings. The molecule has 1 saturated heterocycles. The molecule has 2 unspecified atom stereocenters. The van der Waals surface area contributed by atoms with E-state index < -0.39 is 11.9 Å². The Labute approximate surface area is 139 Å². The molecule has 6 nitrogen and oxygen atoms in total. The van der Waals surface area contributed by atoms with E-state index in [2.05, 4.69) is 5.32 Å². The molecule has 124 valence electrons. The number of amides is 2. The number of ether oxygens (including phenoxy) is 1. The van der Waals surface area contributed by atoms with Gasteiger partial charge in [-0.15, -0.1) is 0 Å². The lowest BCUT2D eigenvalue weighted by atomic mass is 9.98. The quantitative estimate of drug-likeness (QED) is 0.869. The van der Waals surface area contributed by atoms with E-state index in [0.717, 1.165) is 5.56 Å². The average molecular weight is 339 g/mol. The molecule has 1 fully saturated rings. The van der Waals surface area contributed by atoms with Crippen LogP contribution in [0.1, 0.15) is 30.9 Å². The molecular formula is C16H19ClN2O4. The first-order valence-electron chi connectivity index (χ1n) is 7.75. The fraction of sp³-hybridized carbons (Fsp3) is 0.500. The molecular weight excluding hydrogens is 320 g/mol. The number of benzene rings is 1. The van der Waals surface area contributed by atoms with Crippen molar-refractivity contribution in [3.05, 3.63) is 28.8 Å². The summed E-state index contributed by atoms with van der Waals surface area (Å²) in [7, 11) is 0. The summed E-state index contributed by atoms with van der Waals surface area (Å²) in [6.07, 6.45) is 1.99. The first-order chi connectivity index (χ1) is 11.1. The van der Waals surface area contributed by atoms with Crippen molar-refractivity contribution in [3.63, 3.8) is 0 Å². The number of carboxylic acids is 1. The summed E-state index contributed by atoms with van der Waals surface area (Å²) in [6.45, 7) is 1.33. The number of rotatable bonds is 2. The summed E-state index contributed by atoms with van der Waals surface area (Å²) < 4.78 is 5.59. The van der Waals surface area contributed by atoms with Gasteiger partial charge in [0.2, 0.25) is 0 Å². The lowest BCUT2D eigenvalue weighted by molar-refractivity contribution is -0.143. The number of carbonyl (C=O) groups excluding carboxylic acids is 1. The highest BCUT2D eigenvalue weighted by atomic mass is 35.5. The van der Waals surface area contributed by atoms with Gasteiger partial charge >= 0.3 is 12.0 Å². The second-order valence-corrected chi connectivity index (χ2v) is 6.33. The molecule has 0 bridgehead atoms. The Balaban J connectivity index is 1.69. The molecule has 1 aromatic rings. The number of piperidine rings is 1. The number of hydrogen-bond donors (Lipinski definition) is 2. The van der Waals surface area contributed by atoms with E-state index in [1.165, 1.54) is 0 Å². The SMILES string of the molecule is O=C(O)C1CCCN(C(=O)NC2CCOc3c(Cl)cccc32)C1. The van der Waals surface area contributed by atoms with Gasteiger partial charge in [-0.3, -0.25) is 4.79 Å². The molecule has 23 heavy (non-hydrogen) atoms. The van der Waals surface area contributed by atoms with Crippen LogP contribution in [0.25, 0.3) is 0 Å². The monoisotopic (exact) mass is 338 g/mol. The van der Waals surface area contributed by atoms with Gasteiger partial charge in [-0.25, -0.2) is 4.79 Å². The van der Waals surface area contributed by atoms with Crippen LogP contribution in [0, 0.1) is 5.92 Å². The predicted molar refractivity (Wildman–Crippen MR) is 84.8 cm³/mol. The van der Waals surface area contributed by atoms with Crippen LogP contribution in [0.3, 0.4) is 0 Å². The van der Waals surface area contributed by atoms with E-state index in [0.29, 0.717) is 43.2 Å². The van der Waals surface area contributed by atoms with Crippen molar-refractivity contribution < 1.29 is 19.4 Å². The third kappa shape index (κ3) is 3.37. The molecule has 0 spiro atoms. The first kappa shape index (κ1) is 15.9. The number of fused-ring (bicyclic) bond motifs is 1. The number of likely N-dealkylation sites (tertiary alicyclic amines) is 1. The molecule has 3 rings (SSSR count). The Kier molecular flexibility index (Phi) is 4.61. The van der Waals surface area contributed by atoms with Crippen molar-refractivity contribution in [2.24, 2.45) is 5.92 Å². The number of nitrogens with one attached hydrogen (secondary N) is 1. The summed E-state index contributed by atoms with van der Waals surface area (Å²) in [4.78, 5) is 25.2. The van der Waals surface area contributed by atoms with Gasteiger partial charge in [-0.05, 0) is 18.9 Å². The molecule has 2 heterocycles. The maximum Gasteiger partial charge on any atom is 0.317 e. The van der Waals surface area contributed by atoms with Gasteiger partial charge in [0.1, 0.15) is 5.75 Å². The topological polar surface area (TPSA) is 78.9 Å². The largest absolute Gasteiger partial charge is 0.492 e. The number of halogens is 1. The predicted octanol–water partition coefficient (Wildman–Crippen LogP) is 2.67. The highest BCUT2D eigenvalue weighted by molar-refractivity contribution is 6.32. The molecule has 0 aliphatic carbocycles. The Morgan fingerprint density at radius 3 is 2.96 bits per heavy atom. The molecule has 0 saturated carbocycles. The number of para-hydroxylation sites is 1. The normalized spacial score (nSPS) is 23.6. The van der Waals surface area contributed by atoms with Crippen molar-refractivity contribution in [2.45, 2.75) is 25.3 Å². The highest BCUT2D eigenvalue weighted by Crippen LogP contribution is 2.37. The zero-order valence-corrected chi connectivity index (χ0v) is 13.4. The second kappa shape index (κ2) is 6.66. The minimum Gasteiger partial charge on any atom is -0.492 e. The average Bonchev–Trinajstić information content (AvgIpc) is 2.56.